The van der Waals surface area contributed by atoms with Gasteiger partial charge in [-0.1, -0.05) is 26.0 Å². The molecule has 0 saturated carbocycles. The monoisotopic (exact) mass is 306 g/mol. The van der Waals surface area contributed by atoms with Gasteiger partial charge in [0.1, 0.15) is 0 Å². The van der Waals surface area contributed by atoms with Gasteiger partial charge in [-0.2, -0.15) is 0 Å². The molecule has 1 fully saturated rings. The third kappa shape index (κ3) is 4.68. The summed E-state index contributed by atoms with van der Waals surface area (Å²) < 4.78 is 5.67. The van der Waals surface area contributed by atoms with Crippen LogP contribution in [0.5, 0.6) is 0 Å². The second kappa shape index (κ2) is 7.76. The zero-order chi connectivity index (χ0) is 15.2. The lowest BCUT2D eigenvalue weighted by molar-refractivity contribution is 0.0895. The van der Waals surface area contributed by atoms with Crippen molar-refractivity contribution >= 4 is 23.0 Å². The molecule has 0 radical (unpaired) electrons. The average Bonchev–Trinajstić information content (AvgIpc) is 3.01. The van der Waals surface area contributed by atoms with Crippen molar-refractivity contribution < 1.29 is 4.74 Å². The van der Waals surface area contributed by atoms with E-state index in [-0.39, 0.29) is 12.1 Å². The molecule has 0 aromatic heterocycles. The number of anilines is 1. The molecular formula is C17H26N2OS. The molecule has 1 aliphatic heterocycles. The highest BCUT2D eigenvalue weighted by Gasteiger charge is 2.22. The molecule has 1 aromatic carbocycles. The highest BCUT2D eigenvalue weighted by molar-refractivity contribution is 7.80. The van der Waals surface area contributed by atoms with Crippen LogP contribution in [0.3, 0.4) is 0 Å². The topological polar surface area (TPSA) is 33.3 Å². The number of thiocarbonyl (C=S) groups is 1. The lowest BCUT2D eigenvalue weighted by atomic mass is 9.99. The second-order valence-electron chi connectivity index (χ2n) is 5.87. The fourth-order valence-electron chi connectivity index (χ4n) is 2.59. The summed E-state index contributed by atoms with van der Waals surface area (Å²) >= 11 is 5.38. The van der Waals surface area contributed by atoms with Gasteiger partial charge in [-0.15, -0.1) is 0 Å². The molecule has 2 N–H and O–H groups in total. The Bertz CT molecular complexity index is 454. The van der Waals surface area contributed by atoms with Gasteiger partial charge in [0, 0.05) is 12.3 Å². The van der Waals surface area contributed by atoms with Crippen LogP contribution in [0, 0.1) is 0 Å². The number of benzene rings is 1. The largest absolute Gasteiger partial charge is 0.376 e. The molecule has 0 aliphatic carbocycles. The molecule has 0 unspecified atom stereocenters. The number of ether oxygens (including phenoxy) is 1. The third-order valence-corrected chi connectivity index (χ3v) is 4.45. The van der Waals surface area contributed by atoms with E-state index in [4.69, 9.17) is 17.0 Å². The van der Waals surface area contributed by atoms with E-state index < -0.39 is 0 Å². The first-order chi connectivity index (χ1) is 10.1. The number of rotatable bonds is 5. The van der Waals surface area contributed by atoms with Gasteiger partial charge < -0.3 is 15.4 Å². The first-order valence-electron chi connectivity index (χ1n) is 7.89. The van der Waals surface area contributed by atoms with Crippen molar-refractivity contribution in [1.82, 2.24) is 5.32 Å². The zero-order valence-corrected chi connectivity index (χ0v) is 14.0. The minimum absolute atomic E-state index is 0.242. The quantitative estimate of drug-likeness (QED) is 0.804. The lowest BCUT2D eigenvalue weighted by Gasteiger charge is -2.22. The molecule has 3 nitrogen and oxygen atoms in total. The lowest BCUT2D eigenvalue weighted by Crippen LogP contribution is -2.42. The van der Waals surface area contributed by atoms with Crippen LogP contribution in [-0.4, -0.2) is 23.9 Å². The summed E-state index contributed by atoms with van der Waals surface area (Å²) in [6.07, 6.45) is 3.69. The Morgan fingerprint density at radius 2 is 2.05 bits per heavy atom. The predicted molar refractivity (Wildman–Crippen MR) is 92.9 cm³/mol. The Hall–Kier alpha value is -1.13. The van der Waals surface area contributed by atoms with E-state index >= 15 is 0 Å². The Balaban J connectivity index is 1.84. The molecule has 2 rings (SSSR count). The van der Waals surface area contributed by atoms with Crippen molar-refractivity contribution in [3.8, 4) is 0 Å². The summed E-state index contributed by atoms with van der Waals surface area (Å²) in [5.74, 6) is 0.601. The van der Waals surface area contributed by atoms with Gasteiger partial charge in [-0.3, -0.25) is 0 Å². The highest BCUT2D eigenvalue weighted by atomic mass is 32.1. The van der Waals surface area contributed by atoms with Gasteiger partial charge in [0.05, 0.1) is 12.1 Å². The first kappa shape index (κ1) is 16.2. The summed E-state index contributed by atoms with van der Waals surface area (Å²) in [6.45, 7) is 7.45. The fourth-order valence-corrected chi connectivity index (χ4v) is 2.90. The minimum Gasteiger partial charge on any atom is -0.376 e. The summed E-state index contributed by atoms with van der Waals surface area (Å²) in [4.78, 5) is 0. The van der Waals surface area contributed by atoms with Gasteiger partial charge in [-0.05, 0) is 62.0 Å². The highest BCUT2D eigenvalue weighted by Crippen LogP contribution is 2.20. The van der Waals surface area contributed by atoms with Crippen LogP contribution < -0.4 is 10.6 Å². The minimum atomic E-state index is 0.242. The Labute approximate surface area is 133 Å². The molecule has 21 heavy (non-hydrogen) atoms. The van der Waals surface area contributed by atoms with E-state index in [1.54, 1.807) is 0 Å². The number of hydrogen-bond donors (Lipinski definition) is 2. The second-order valence-corrected chi connectivity index (χ2v) is 6.28. The molecule has 1 saturated heterocycles. The van der Waals surface area contributed by atoms with Crippen LogP contribution in [0.1, 0.15) is 51.5 Å². The molecule has 0 amide bonds. The van der Waals surface area contributed by atoms with E-state index in [2.05, 4.69) is 55.7 Å². The molecule has 1 heterocycles. The number of nitrogens with one attached hydrogen (secondary N) is 2. The van der Waals surface area contributed by atoms with Crippen LogP contribution in [0.25, 0.3) is 0 Å². The van der Waals surface area contributed by atoms with E-state index in [9.17, 15) is 0 Å². The van der Waals surface area contributed by atoms with E-state index in [0.717, 1.165) is 31.6 Å². The maximum absolute atomic E-state index is 5.67. The average molecular weight is 306 g/mol. The molecule has 3 atom stereocenters. The normalized spacial score (nSPS) is 20.8. The maximum atomic E-state index is 5.67. The van der Waals surface area contributed by atoms with Crippen LogP contribution in [0.2, 0.25) is 0 Å². The van der Waals surface area contributed by atoms with Gasteiger partial charge in [-0.25, -0.2) is 0 Å². The molecular weight excluding hydrogens is 280 g/mol. The molecule has 116 valence electrons. The van der Waals surface area contributed by atoms with Crippen LogP contribution in [0.15, 0.2) is 24.3 Å². The van der Waals surface area contributed by atoms with Crippen LogP contribution >= 0.6 is 12.2 Å². The van der Waals surface area contributed by atoms with Gasteiger partial charge >= 0.3 is 0 Å². The molecule has 0 spiro atoms. The molecule has 4 heteroatoms. The zero-order valence-electron chi connectivity index (χ0n) is 13.2. The Kier molecular flexibility index (Phi) is 6.00. The van der Waals surface area contributed by atoms with Gasteiger partial charge in [0.2, 0.25) is 0 Å². The van der Waals surface area contributed by atoms with E-state index in [0.29, 0.717) is 11.0 Å². The van der Waals surface area contributed by atoms with Crippen LogP contribution in [0.4, 0.5) is 5.69 Å². The SMILES string of the molecule is CC[C@@H](C)c1ccc(NC(=S)N[C@H](C)[C@@H]2CCCO2)cc1. The summed E-state index contributed by atoms with van der Waals surface area (Å²) in [5, 5.41) is 7.22. The molecule has 1 aromatic rings. The van der Waals surface area contributed by atoms with Crippen molar-refractivity contribution in [3.05, 3.63) is 29.8 Å². The van der Waals surface area contributed by atoms with Crippen molar-refractivity contribution in [2.24, 2.45) is 0 Å². The van der Waals surface area contributed by atoms with Gasteiger partial charge in [0.25, 0.3) is 0 Å². The smallest absolute Gasteiger partial charge is 0.171 e. The van der Waals surface area contributed by atoms with Gasteiger partial charge in [0.15, 0.2) is 5.11 Å². The summed E-state index contributed by atoms with van der Waals surface area (Å²) in [6, 6.07) is 8.76. The number of hydrogen-bond acceptors (Lipinski definition) is 2. The van der Waals surface area contributed by atoms with Crippen molar-refractivity contribution in [3.63, 3.8) is 0 Å². The van der Waals surface area contributed by atoms with E-state index in [1.165, 1.54) is 5.56 Å². The van der Waals surface area contributed by atoms with Crippen molar-refractivity contribution in [2.45, 2.75) is 58.1 Å². The van der Waals surface area contributed by atoms with Crippen LogP contribution in [-0.2, 0) is 4.74 Å². The predicted octanol–water partition coefficient (Wildman–Crippen LogP) is 4.05. The van der Waals surface area contributed by atoms with Crippen molar-refractivity contribution in [1.29, 1.82) is 0 Å². The maximum Gasteiger partial charge on any atom is 0.171 e. The molecule has 0 bridgehead atoms. The van der Waals surface area contributed by atoms with Crippen molar-refractivity contribution in [2.75, 3.05) is 11.9 Å². The molecule has 1 aliphatic rings. The standard InChI is InChI=1S/C17H26N2OS/c1-4-12(2)14-7-9-15(10-8-14)19-17(21)18-13(3)16-6-5-11-20-16/h7-10,12-13,16H,4-6,11H2,1-3H3,(H2,18,19,21)/t12-,13-,16+/m1/s1. The first-order valence-corrected chi connectivity index (χ1v) is 8.30. The summed E-state index contributed by atoms with van der Waals surface area (Å²) in [5.41, 5.74) is 2.40. The third-order valence-electron chi connectivity index (χ3n) is 4.23. The Morgan fingerprint density at radius 1 is 1.33 bits per heavy atom. The van der Waals surface area contributed by atoms with E-state index in [1.807, 2.05) is 0 Å². The Morgan fingerprint density at radius 3 is 2.62 bits per heavy atom. The fraction of sp³-hybridized carbons (Fsp3) is 0.588. The summed E-state index contributed by atoms with van der Waals surface area (Å²) in [7, 11) is 0.